The normalized spacial score (nSPS) is 12.9. The summed E-state index contributed by atoms with van der Waals surface area (Å²) in [5.41, 5.74) is -0.792. The summed E-state index contributed by atoms with van der Waals surface area (Å²) in [7, 11) is -4.16. The van der Waals surface area contributed by atoms with Crippen molar-refractivity contribution in [2.45, 2.75) is 37.1 Å². The lowest BCUT2D eigenvalue weighted by atomic mass is 9.81. The Morgan fingerprint density at radius 1 is 1.18 bits per heavy atom. The van der Waals surface area contributed by atoms with Crippen LogP contribution in [-0.2, 0) is 20.2 Å². The zero-order valence-corrected chi connectivity index (χ0v) is 20.1. The molecule has 1 aromatic carbocycles. The molecule has 12 heteroatoms. The molecule has 2 heterocycles. The maximum atomic E-state index is 13.1. The smallest absolute Gasteiger partial charge is 0.275 e. The fourth-order valence-electron chi connectivity index (χ4n) is 2.98. The summed E-state index contributed by atoms with van der Waals surface area (Å²) in [5.74, 6) is 0.626. The lowest BCUT2D eigenvalue weighted by Gasteiger charge is -2.33. The molecule has 3 rings (SSSR count). The van der Waals surface area contributed by atoms with E-state index in [1.807, 2.05) is 0 Å². The minimum atomic E-state index is -4.16. The first-order chi connectivity index (χ1) is 15.5. The lowest BCUT2D eigenvalue weighted by Crippen LogP contribution is -2.55. The fraction of sp³-hybridized carbons (Fsp3) is 0.286. The Morgan fingerprint density at radius 3 is 2.33 bits per heavy atom. The molecule has 0 radical (unpaired) electrons. The molecule has 0 saturated heterocycles. The van der Waals surface area contributed by atoms with Crippen molar-refractivity contribution >= 4 is 27.9 Å². The second kappa shape index (κ2) is 9.91. The van der Waals surface area contributed by atoms with E-state index in [9.17, 15) is 18.4 Å². The van der Waals surface area contributed by atoms with E-state index in [1.54, 1.807) is 51.4 Å². The number of nitrogens with one attached hydrogen (secondary N) is 1. The van der Waals surface area contributed by atoms with Gasteiger partial charge in [0.1, 0.15) is 23.3 Å². The minimum absolute atomic E-state index is 0.0804. The number of aryl methyl sites for hydroxylation is 1. The molecule has 2 N–H and O–H groups in total. The summed E-state index contributed by atoms with van der Waals surface area (Å²) >= 11 is 0.742. The molecule has 3 aromatic rings. The van der Waals surface area contributed by atoms with Gasteiger partial charge in [-0.3, -0.25) is 15.0 Å². The molecule has 0 aliphatic rings. The number of amides is 1. The van der Waals surface area contributed by atoms with Crippen LogP contribution in [0.15, 0.2) is 64.3 Å². The van der Waals surface area contributed by atoms with Gasteiger partial charge in [-0.1, -0.05) is 19.0 Å². The zero-order valence-electron chi connectivity index (χ0n) is 18.4. The Bertz CT molecular complexity index is 1200. The van der Waals surface area contributed by atoms with Gasteiger partial charge >= 0.3 is 0 Å². The van der Waals surface area contributed by atoms with E-state index in [-0.39, 0.29) is 4.90 Å². The van der Waals surface area contributed by atoms with Crippen LogP contribution in [0.1, 0.15) is 25.3 Å². The second-order valence-corrected chi connectivity index (χ2v) is 10.1. The third-order valence-corrected chi connectivity index (χ3v) is 6.88. The predicted octanol–water partition coefficient (Wildman–Crippen LogP) is 3.29. The number of nitrogens with zero attached hydrogens (tertiary/aromatic N) is 3. The fourth-order valence-corrected chi connectivity index (χ4v) is 4.60. The van der Waals surface area contributed by atoms with Crippen LogP contribution >= 0.6 is 11.9 Å². The van der Waals surface area contributed by atoms with Crippen molar-refractivity contribution in [2.75, 3.05) is 6.26 Å². The number of benzene rings is 1. The molecule has 1 amide bonds. The van der Waals surface area contributed by atoms with Crippen LogP contribution in [0, 0.1) is 6.92 Å². The van der Waals surface area contributed by atoms with Crippen LogP contribution in [0.2, 0.25) is 0 Å². The van der Waals surface area contributed by atoms with Gasteiger partial charge in [-0.15, -0.1) is 0 Å². The average Bonchev–Trinajstić information content (AvgIpc) is 3.24. The molecule has 1 atom stereocenters. The zero-order chi connectivity index (χ0) is 24.2. The van der Waals surface area contributed by atoms with Crippen LogP contribution in [-0.4, -0.2) is 46.4 Å². The maximum Gasteiger partial charge on any atom is 0.275 e. The van der Waals surface area contributed by atoms with Crippen molar-refractivity contribution in [2.24, 2.45) is 0 Å². The number of sulfonamides is 1. The highest BCUT2D eigenvalue weighted by Crippen LogP contribution is 2.30. The van der Waals surface area contributed by atoms with Gasteiger partial charge in [0.15, 0.2) is 0 Å². The van der Waals surface area contributed by atoms with Gasteiger partial charge in [0, 0.05) is 30.1 Å². The standard InChI is InChI=1S/C21H24N4O6S2/c1-14-13-18(23-31-14)21(2,3)19(20(26)25(27)32-4)24-33(28,29)17-7-5-15(6-8-17)30-16-9-11-22-12-10-16/h5-13,19,24,27H,1-4H3/t19-/m1/s1. The molecule has 2 aromatic heterocycles. The first kappa shape index (κ1) is 24.7. The van der Waals surface area contributed by atoms with Gasteiger partial charge in [0.05, 0.1) is 10.6 Å². The van der Waals surface area contributed by atoms with Gasteiger partial charge in [0.25, 0.3) is 5.91 Å². The highest BCUT2D eigenvalue weighted by molar-refractivity contribution is 7.96. The topological polar surface area (TPSA) is 135 Å². The Balaban J connectivity index is 1.88. The van der Waals surface area contributed by atoms with Crippen LogP contribution < -0.4 is 9.46 Å². The Kier molecular flexibility index (Phi) is 7.42. The summed E-state index contributed by atoms with van der Waals surface area (Å²) in [4.78, 5) is 16.7. The third kappa shape index (κ3) is 5.71. The number of carbonyl (C=O) groups is 1. The SMILES string of the molecule is CSN(O)C(=O)[C@@H](NS(=O)(=O)c1ccc(Oc2ccncc2)cc1)C(C)(C)c1cc(C)on1. The number of hydrogen-bond donors (Lipinski definition) is 2. The minimum Gasteiger partial charge on any atom is -0.457 e. The molecule has 0 aliphatic carbocycles. The monoisotopic (exact) mass is 492 g/mol. The van der Waals surface area contributed by atoms with Crippen molar-refractivity contribution in [3.8, 4) is 11.5 Å². The molecule has 0 bridgehead atoms. The molecule has 0 unspecified atom stereocenters. The van der Waals surface area contributed by atoms with E-state index in [0.717, 1.165) is 11.9 Å². The largest absolute Gasteiger partial charge is 0.457 e. The Labute approximate surface area is 196 Å². The molecule has 0 fully saturated rings. The van der Waals surface area contributed by atoms with E-state index in [4.69, 9.17) is 9.26 Å². The number of carbonyl (C=O) groups excluding carboxylic acids is 1. The average molecular weight is 493 g/mol. The van der Waals surface area contributed by atoms with E-state index in [1.165, 1.54) is 30.5 Å². The number of pyridine rings is 1. The van der Waals surface area contributed by atoms with Crippen molar-refractivity contribution in [3.05, 3.63) is 66.3 Å². The quantitative estimate of drug-likeness (QED) is 0.262. The van der Waals surface area contributed by atoms with Crippen molar-refractivity contribution in [1.29, 1.82) is 0 Å². The van der Waals surface area contributed by atoms with Crippen molar-refractivity contribution in [1.82, 2.24) is 19.3 Å². The van der Waals surface area contributed by atoms with E-state index in [2.05, 4.69) is 14.9 Å². The Hall–Kier alpha value is -2.93. The van der Waals surface area contributed by atoms with Crippen LogP contribution in [0.3, 0.4) is 0 Å². The number of hydroxylamine groups is 1. The predicted molar refractivity (Wildman–Crippen MR) is 121 cm³/mol. The number of ether oxygens (including phenoxy) is 1. The van der Waals surface area contributed by atoms with Crippen molar-refractivity contribution in [3.63, 3.8) is 0 Å². The van der Waals surface area contributed by atoms with Crippen molar-refractivity contribution < 1.29 is 27.7 Å². The number of hydrogen-bond acceptors (Lipinski definition) is 9. The van der Waals surface area contributed by atoms with Gasteiger partial charge in [-0.05, 0) is 55.3 Å². The molecular formula is C21H24N4O6S2. The van der Waals surface area contributed by atoms with Gasteiger partial charge in [-0.2, -0.15) is 9.19 Å². The molecule has 0 spiro atoms. The summed E-state index contributed by atoms with van der Waals surface area (Å²) in [5, 5.41) is 13.9. The highest BCUT2D eigenvalue weighted by Gasteiger charge is 2.43. The van der Waals surface area contributed by atoms with E-state index >= 15 is 0 Å². The van der Waals surface area contributed by atoms with Gasteiger partial charge in [0.2, 0.25) is 10.0 Å². The lowest BCUT2D eigenvalue weighted by molar-refractivity contribution is -0.148. The van der Waals surface area contributed by atoms with E-state index in [0.29, 0.717) is 27.4 Å². The molecule has 10 nitrogen and oxygen atoms in total. The third-order valence-electron chi connectivity index (χ3n) is 4.91. The molecule has 33 heavy (non-hydrogen) atoms. The Morgan fingerprint density at radius 2 is 1.79 bits per heavy atom. The number of rotatable bonds is 9. The molecule has 0 aliphatic heterocycles. The van der Waals surface area contributed by atoms with Gasteiger partial charge < -0.3 is 9.26 Å². The van der Waals surface area contributed by atoms with Crippen LogP contribution in [0.5, 0.6) is 11.5 Å². The summed E-state index contributed by atoms with van der Waals surface area (Å²) in [6, 6.07) is 9.29. The van der Waals surface area contributed by atoms with Gasteiger partial charge in [-0.25, -0.2) is 8.42 Å². The number of aromatic nitrogens is 2. The van der Waals surface area contributed by atoms with Crippen LogP contribution in [0.25, 0.3) is 0 Å². The first-order valence-corrected chi connectivity index (χ1v) is 12.4. The first-order valence-electron chi connectivity index (χ1n) is 9.75. The molecular weight excluding hydrogens is 468 g/mol. The molecule has 176 valence electrons. The summed E-state index contributed by atoms with van der Waals surface area (Å²) < 4.78 is 39.9. The summed E-state index contributed by atoms with van der Waals surface area (Å²) in [6.45, 7) is 4.95. The molecule has 0 saturated carbocycles. The maximum absolute atomic E-state index is 13.1. The van der Waals surface area contributed by atoms with Crippen LogP contribution in [0.4, 0.5) is 0 Å². The summed E-state index contributed by atoms with van der Waals surface area (Å²) in [6.07, 6.45) is 4.64. The highest BCUT2D eigenvalue weighted by atomic mass is 32.2. The van der Waals surface area contributed by atoms with E-state index < -0.39 is 27.4 Å². The second-order valence-electron chi connectivity index (χ2n) is 7.65.